The number of aromatic nitrogens is 2. The summed E-state index contributed by atoms with van der Waals surface area (Å²) < 4.78 is 13.3. The molecule has 2 aromatic rings. The molecule has 0 saturated heterocycles. The van der Waals surface area contributed by atoms with Crippen molar-refractivity contribution in [3.63, 3.8) is 0 Å². The third-order valence-electron chi connectivity index (χ3n) is 5.72. The van der Waals surface area contributed by atoms with E-state index in [1.807, 2.05) is 18.2 Å². The van der Waals surface area contributed by atoms with Crippen LogP contribution in [0.3, 0.4) is 0 Å². The summed E-state index contributed by atoms with van der Waals surface area (Å²) in [5.41, 5.74) is 11.6. The lowest BCUT2D eigenvalue weighted by atomic mass is 9.82. The highest BCUT2D eigenvalue weighted by molar-refractivity contribution is 5.77. The van der Waals surface area contributed by atoms with Gasteiger partial charge in [-0.2, -0.15) is 4.98 Å². The predicted octanol–water partition coefficient (Wildman–Crippen LogP) is 3.06. The summed E-state index contributed by atoms with van der Waals surface area (Å²) in [6.07, 6.45) is 10.8. The summed E-state index contributed by atoms with van der Waals surface area (Å²) in [7, 11) is 0. The fourth-order valence-electron chi connectivity index (χ4n) is 3.89. The molecule has 30 heavy (non-hydrogen) atoms. The minimum Gasteiger partial charge on any atom is -0.491 e. The molecule has 1 fully saturated rings. The molecular formula is C22H29N5O3. The summed E-state index contributed by atoms with van der Waals surface area (Å²) in [6, 6.07) is 5.56. The molecule has 160 valence electrons. The largest absolute Gasteiger partial charge is 0.491 e. The summed E-state index contributed by atoms with van der Waals surface area (Å²) in [6.45, 7) is 1.83. The van der Waals surface area contributed by atoms with Crippen molar-refractivity contribution >= 4 is 17.7 Å². The van der Waals surface area contributed by atoms with Gasteiger partial charge in [-0.3, -0.25) is 4.57 Å². The Morgan fingerprint density at radius 2 is 2.07 bits per heavy atom. The molecule has 0 atom stereocenters. The Bertz CT molecular complexity index is 964. The Morgan fingerprint density at radius 3 is 2.83 bits per heavy atom. The van der Waals surface area contributed by atoms with E-state index in [2.05, 4.69) is 16.4 Å². The molecule has 2 heterocycles. The second-order valence-corrected chi connectivity index (χ2v) is 7.85. The number of benzene rings is 1. The van der Waals surface area contributed by atoms with Gasteiger partial charge in [-0.1, -0.05) is 12.1 Å². The van der Waals surface area contributed by atoms with E-state index < -0.39 is 0 Å². The maximum atomic E-state index is 12.5. The molecule has 1 aromatic carbocycles. The molecule has 1 aromatic heterocycles. The molecule has 0 unspecified atom stereocenters. The minimum absolute atomic E-state index is 0.360. The molecule has 8 heteroatoms. The van der Waals surface area contributed by atoms with Crippen LogP contribution in [0, 0.1) is 11.8 Å². The first kappa shape index (κ1) is 20.4. The maximum absolute atomic E-state index is 12.5. The minimum atomic E-state index is -0.360. The first-order valence-corrected chi connectivity index (χ1v) is 10.6. The van der Waals surface area contributed by atoms with E-state index in [4.69, 9.17) is 20.9 Å². The fourth-order valence-corrected chi connectivity index (χ4v) is 3.89. The number of anilines is 2. The van der Waals surface area contributed by atoms with Gasteiger partial charge in [0.2, 0.25) is 0 Å². The Labute approximate surface area is 175 Å². The van der Waals surface area contributed by atoms with Crippen molar-refractivity contribution in [1.82, 2.24) is 9.55 Å². The van der Waals surface area contributed by atoms with Crippen molar-refractivity contribution in [3.8, 4) is 17.2 Å². The van der Waals surface area contributed by atoms with Crippen molar-refractivity contribution in [2.45, 2.75) is 32.1 Å². The zero-order chi connectivity index (χ0) is 20.9. The van der Waals surface area contributed by atoms with Crippen molar-refractivity contribution < 1.29 is 9.47 Å². The van der Waals surface area contributed by atoms with Crippen LogP contribution in [0.2, 0.25) is 0 Å². The van der Waals surface area contributed by atoms with E-state index >= 15 is 0 Å². The van der Waals surface area contributed by atoms with Gasteiger partial charge < -0.3 is 26.3 Å². The normalized spacial score (nSPS) is 20.2. The van der Waals surface area contributed by atoms with Gasteiger partial charge in [0.25, 0.3) is 0 Å². The highest BCUT2D eigenvalue weighted by atomic mass is 16.5. The molecule has 0 bridgehead atoms. The van der Waals surface area contributed by atoms with Gasteiger partial charge in [0.15, 0.2) is 17.3 Å². The Morgan fingerprint density at radius 1 is 1.23 bits per heavy atom. The quantitative estimate of drug-likeness (QED) is 0.511. The van der Waals surface area contributed by atoms with Gasteiger partial charge in [0, 0.05) is 6.20 Å². The monoisotopic (exact) mass is 411 g/mol. The molecule has 0 radical (unpaired) electrons. The van der Waals surface area contributed by atoms with Crippen LogP contribution < -0.4 is 31.9 Å². The van der Waals surface area contributed by atoms with Crippen molar-refractivity contribution in [3.05, 3.63) is 41.0 Å². The fraction of sp³-hybridized carbons (Fsp3) is 0.455. The summed E-state index contributed by atoms with van der Waals surface area (Å²) in [5.74, 6) is 3.25. The number of nitrogens with two attached hydrogens (primary N) is 2. The second kappa shape index (κ2) is 9.32. The van der Waals surface area contributed by atoms with Crippen molar-refractivity contribution in [1.29, 1.82) is 0 Å². The maximum Gasteiger partial charge on any atom is 0.353 e. The molecular weight excluding hydrogens is 382 g/mol. The lowest BCUT2D eigenvalue weighted by Crippen LogP contribution is -2.23. The number of ether oxygens (including phenoxy) is 2. The molecule has 2 aliphatic rings. The molecule has 1 saturated carbocycles. The average Bonchev–Trinajstić information content (AvgIpc) is 2.77. The Balaban J connectivity index is 1.50. The first-order valence-electron chi connectivity index (χ1n) is 10.6. The van der Waals surface area contributed by atoms with E-state index in [-0.39, 0.29) is 5.69 Å². The Kier molecular flexibility index (Phi) is 6.35. The summed E-state index contributed by atoms with van der Waals surface area (Å²) in [5, 5.41) is 3.18. The van der Waals surface area contributed by atoms with Crippen LogP contribution in [0.1, 0.15) is 32.1 Å². The molecule has 8 nitrogen and oxygen atoms in total. The number of allylic oxidation sites excluding steroid dienone is 1. The number of rotatable bonds is 7. The third kappa shape index (κ3) is 4.49. The van der Waals surface area contributed by atoms with E-state index in [1.54, 1.807) is 12.4 Å². The molecule has 1 aliphatic carbocycles. The predicted molar refractivity (Wildman–Crippen MR) is 117 cm³/mol. The highest BCUT2D eigenvalue weighted by Gasteiger charge is 2.23. The van der Waals surface area contributed by atoms with E-state index in [9.17, 15) is 4.79 Å². The van der Waals surface area contributed by atoms with Crippen LogP contribution in [0.4, 0.5) is 11.5 Å². The molecule has 0 amide bonds. The van der Waals surface area contributed by atoms with Gasteiger partial charge in [-0.15, -0.1) is 0 Å². The Hall–Kier alpha value is -2.84. The lowest BCUT2D eigenvalue weighted by molar-refractivity contribution is 0.313. The van der Waals surface area contributed by atoms with Crippen LogP contribution in [0.25, 0.3) is 6.20 Å². The second-order valence-electron chi connectivity index (χ2n) is 7.85. The smallest absolute Gasteiger partial charge is 0.353 e. The topological polar surface area (TPSA) is 117 Å². The van der Waals surface area contributed by atoms with Crippen LogP contribution in [0.15, 0.2) is 35.3 Å². The average molecular weight is 412 g/mol. The van der Waals surface area contributed by atoms with E-state index in [1.165, 1.54) is 4.57 Å². The highest BCUT2D eigenvalue weighted by Crippen LogP contribution is 2.45. The van der Waals surface area contributed by atoms with Crippen molar-refractivity contribution in [2.24, 2.45) is 23.3 Å². The van der Waals surface area contributed by atoms with Gasteiger partial charge in [-0.25, -0.2) is 4.79 Å². The summed E-state index contributed by atoms with van der Waals surface area (Å²) in [4.78, 5) is 16.7. The zero-order valence-electron chi connectivity index (χ0n) is 17.0. The first-order chi connectivity index (χ1) is 14.7. The molecule has 5 N–H and O–H groups in total. The molecule has 4 rings (SSSR count). The number of nitrogens with one attached hydrogen (secondary N) is 1. The zero-order valence-corrected chi connectivity index (χ0v) is 17.0. The number of hydrogen-bond donors (Lipinski definition) is 3. The van der Waals surface area contributed by atoms with Crippen LogP contribution in [0.5, 0.6) is 17.2 Å². The van der Waals surface area contributed by atoms with Gasteiger partial charge >= 0.3 is 5.69 Å². The van der Waals surface area contributed by atoms with Crippen LogP contribution >= 0.6 is 0 Å². The van der Waals surface area contributed by atoms with Crippen LogP contribution in [-0.4, -0.2) is 29.2 Å². The SMILES string of the molecule is NCCCOc1cccc2c1Nc1nc(=O)n(/C=C/[C@H]3CC[C@H](CN)CC3)cc1O2. The third-order valence-corrected chi connectivity index (χ3v) is 5.72. The summed E-state index contributed by atoms with van der Waals surface area (Å²) >= 11 is 0. The van der Waals surface area contributed by atoms with E-state index in [0.717, 1.165) is 38.6 Å². The van der Waals surface area contributed by atoms with Gasteiger partial charge in [0.05, 0.1) is 12.8 Å². The van der Waals surface area contributed by atoms with Gasteiger partial charge in [-0.05, 0) is 69.2 Å². The lowest BCUT2D eigenvalue weighted by Gasteiger charge is -2.25. The van der Waals surface area contributed by atoms with Gasteiger partial charge in [0.1, 0.15) is 11.4 Å². The number of para-hydroxylation sites is 1. The van der Waals surface area contributed by atoms with E-state index in [0.29, 0.717) is 53.7 Å². The number of nitrogens with zero attached hydrogens (tertiary/aromatic N) is 2. The number of fused-ring (bicyclic) bond motifs is 2. The van der Waals surface area contributed by atoms with Crippen LogP contribution in [-0.2, 0) is 0 Å². The number of hydrogen-bond acceptors (Lipinski definition) is 7. The molecule has 0 spiro atoms. The standard InChI is InChI=1S/C22H29N5O3/c23-10-2-12-29-17-3-1-4-18-20(17)25-21-19(30-18)14-27(22(28)26-21)11-9-15-5-7-16(13-24)8-6-15/h1,3-4,9,11,14-16H,2,5-8,10,12-13,23-24H2,(H,25,26,28)/b11-9+/t15-,16-. The van der Waals surface area contributed by atoms with Crippen molar-refractivity contribution in [2.75, 3.05) is 25.0 Å². The molecule has 1 aliphatic heterocycles.